The van der Waals surface area contributed by atoms with Crippen LogP contribution in [0.2, 0.25) is 0 Å². The number of nitro groups is 1. The summed E-state index contributed by atoms with van der Waals surface area (Å²) in [7, 11) is 1.33. The highest BCUT2D eigenvalue weighted by Crippen LogP contribution is 2.30. The quantitative estimate of drug-likeness (QED) is 0.486. The van der Waals surface area contributed by atoms with Gasteiger partial charge in [-0.05, 0) is 18.2 Å². The van der Waals surface area contributed by atoms with Gasteiger partial charge in [0.05, 0.1) is 17.6 Å². The van der Waals surface area contributed by atoms with Gasteiger partial charge in [-0.1, -0.05) is 30.3 Å². The van der Waals surface area contributed by atoms with Gasteiger partial charge in [0.25, 0.3) is 0 Å². The third-order valence-corrected chi connectivity index (χ3v) is 4.50. The molecule has 0 unspecified atom stereocenters. The molecule has 1 fully saturated rings. The van der Waals surface area contributed by atoms with Crippen LogP contribution >= 0.6 is 0 Å². The molecule has 0 radical (unpaired) electrons. The lowest BCUT2D eigenvalue weighted by Gasteiger charge is -2.28. The van der Waals surface area contributed by atoms with Crippen molar-refractivity contribution < 1.29 is 19.2 Å². The van der Waals surface area contributed by atoms with Crippen molar-refractivity contribution in [3.05, 3.63) is 69.8 Å². The van der Waals surface area contributed by atoms with Gasteiger partial charge in [-0.2, -0.15) is 0 Å². The zero-order valence-electron chi connectivity index (χ0n) is 14.4. The molecule has 1 heterocycles. The van der Waals surface area contributed by atoms with Crippen LogP contribution in [-0.2, 0) is 11.2 Å². The van der Waals surface area contributed by atoms with E-state index in [1.54, 1.807) is 0 Å². The molecule has 26 heavy (non-hydrogen) atoms. The fourth-order valence-electron chi connectivity index (χ4n) is 3.17. The van der Waals surface area contributed by atoms with Crippen molar-refractivity contribution in [3.8, 4) is 5.75 Å². The van der Waals surface area contributed by atoms with Gasteiger partial charge in [-0.3, -0.25) is 10.1 Å². The van der Waals surface area contributed by atoms with Crippen molar-refractivity contribution in [2.24, 2.45) is 0 Å². The zero-order chi connectivity index (χ0) is 18.6. The van der Waals surface area contributed by atoms with Gasteiger partial charge in [-0.25, -0.2) is 4.79 Å². The van der Waals surface area contributed by atoms with Crippen LogP contribution in [0.5, 0.6) is 5.75 Å². The van der Waals surface area contributed by atoms with Crippen LogP contribution in [0.4, 0.5) is 5.69 Å². The second-order valence-corrected chi connectivity index (χ2v) is 6.31. The number of rotatable bonds is 6. The van der Waals surface area contributed by atoms with Crippen LogP contribution in [-0.4, -0.2) is 36.7 Å². The maximum absolute atomic E-state index is 12.7. The molecule has 136 valence electrons. The maximum Gasteiger partial charge on any atom is 0.338 e. The van der Waals surface area contributed by atoms with Crippen LogP contribution in [0.25, 0.3) is 0 Å². The van der Waals surface area contributed by atoms with Crippen LogP contribution in [0.3, 0.4) is 0 Å². The molecule has 3 rings (SSSR count). The molecule has 0 spiro atoms. The predicted molar refractivity (Wildman–Crippen MR) is 95.4 cm³/mol. The molecule has 1 N–H and O–H groups in total. The molecule has 7 nitrogen and oxygen atoms in total. The summed E-state index contributed by atoms with van der Waals surface area (Å²) in [6.07, 6.45) is 1.31. The van der Waals surface area contributed by atoms with E-state index in [1.165, 1.54) is 25.3 Å². The first-order valence-electron chi connectivity index (χ1n) is 8.33. The molecule has 0 aliphatic carbocycles. The number of nitrogens with zero attached hydrogens (tertiary/aromatic N) is 1. The van der Waals surface area contributed by atoms with E-state index in [0.717, 1.165) is 12.1 Å². The standard InChI is InChI=1S/C19H20N2O5/c1-25-17-11-15(7-8-16(17)21(23)24)18(22)26-19(9-10-20-13-19)12-14-5-3-2-4-6-14/h2-8,11,20H,9-10,12-13H2,1H3/t19-/m1/s1. The van der Waals surface area contributed by atoms with E-state index < -0.39 is 16.5 Å². The fraction of sp³-hybridized carbons (Fsp3) is 0.316. The minimum atomic E-state index is -0.632. The number of carbonyl (C=O) groups excluding carboxylic acids is 1. The molecule has 1 aliphatic rings. The minimum absolute atomic E-state index is 0.0334. The highest BCUT2D eigenvalue weighted by atomic mass is 16.6. The summed E-state index contributed by atoms with van der Waals surface area (Å²) in [5, 5.41) is 14.2. The number of benzene rings is 2. The average Bonchev–Trinajstić information content (AvgIpc) is 3.09. The van der Waals surface area contributed by atoms with Gasteiger partial charge in [0, 0.05) is 31.5 Å². The Labute approximate surface area is 151 Å². The van der Waals surface area contributed by atoms with Gasteiger partial charge < -0.3 is 14.8 Å². The summed E-state index contributed by atoms with van der Waals surface area (Å²) in [6, 6.07) is 13.8. The summed E-state index contributed by atoms with van der Waals surface area (Å²) in [6.45, 7) is 1.33. The molecule has 0 aromatic heterocycles. The second-order valence-electron chi connectivity index (χ2n) is 6.31. The van der Waals surface area contributed by atoms with E-state index in [0.29, 0.717) is 19.4 Å². The maximum atomic E-state index is 12.7. The normalized spacial score (nSPS) is 19.1. The number of carbonyl (C=O) groups is 1. The lowest BCUT2D eigenvalue weighted by Crippen LogP contribution is -2.39. The fourth-order valence-corrected chi connectivity index (χ4v) is 3.17. The van der Waals surface area contributed by atoms with Crippen molar-refractivity contribution in [2.75, 3.05) is 20.2 Å². The van der Waals surface area contributed by atoms with Gasteiger partial charge in [-0.15, -0.1) is 0 Å². The Kier molecular flexibility index (Phi) is 5.18. The summed E-state index contributed by atoms with van der Waals surface area (Å²) >= 11 is 0. The number of nitrogens with one attached hydrogen (secondary N) is 1. The molecule has 2 aromatic carbocycles. The minimum Gasteiger partial charge on any atom is -0.490 e. The van der Waals surface area contributed by atoms with Crippen molar-refractivity contribution in [1.82, 2.24) is 5.32 Å². The Morgan fingerprint density at radius 3 is 2.65 bits per heavy atom. The second kappa shape index (κ2) is 7.53. The van der Waals surface area contributed by atoms with E-state index in [2.05, 4.69) is 5.32 Å². The molecule has 0 bridgehead atoms. The van der Waals surface area contributed by atoms with Crippen molar-refractivity contribution >= 4 is 11.7 Å². The van der Waals surface area contributed by atoms with Gasteiger partial charge in [0.15, 0.2) is 5.75 Å². The first kappa shape index (κ1) is 17.9. The summed E-state index contributed by atoms with van der Waals surface area (Å²) in [4.78, 5) is 23.1. The number of nitro benzene ring substituents is 1. The number of hydrogen-bond acceptors (Lipinski definition) is 6. The molecular formula is C19H20N2O5. The molecule has 1 aliphatic heterocycles. The van der Waals surface area contributed by atoms with Crippen LogP contribution in [0, 0.1) is 10.1 Å². The zero-order valence-corrected chi connectivity index (χ0v) is 14.4. The van der Waals surface area contributed by atoms with Crippen molar-refractivity contribution in [1.29, 1.82) is 0 Å². The highest BCUT2D eigenvalue weighted by molar-refractivity contribution is 5.90. The molecular weight excluding hydrogens is 336 g/mol. The highest BCUT2D eigenvalue weighted by Gasteiger charge is 2.38. The van der Waals surface area contributed by atoms with E-state index in [-0.39, 0.29) is 17.0 Å². The topological polar surface area (TPSA) is 90.7 Å². The first-order chi connectivity index (χ1) is 12.5. The largest absolute Gasteiger partial charge is 0.490 e. The average molecular weight is 356 g/mol. The Bertz CT molecular complexity index is 801. The lowest BCUT2D eigenvalue weighted by atomic mass is 9.93. The van der Waals surface area contributed by atoms with Crippen LogP contribution in [0.1, 0.15) is 22.3 Å². The monoisotopic (exact) mass is 356 g/mol. The number of hydrogen-bond donors (Lipinski definition) is 1. The first-order valence-corrected chi connectivity index (χ1v) is 8.33. The summed E-state index contributed by atoms with van der Waals surface area (Å²) in [5.74, 6) is -0.482. The third-order valence-electron chi connectivity index (χ3n) is 4.50. The summed E-state index contributed by atoms with van der Waals surface area (Å²) in [5.41, 5.74) is 0.496. The molecule has 0 amide bonds. The Morgan fingerprint density at radius 2 is 2.04 bits per heavy atom. The Hall–Kier alpha value is -2.93. The number of esters is 1. The van der Waals surface area contributed by atoms with Crippen LogP contribution < -0.4 is 10.1 Å². The summed E-state index contributed by atoms with van der Waals surface area (Å²) < 4.78 is 10.9. The molecule has 1 saturated heterocycles. The lowest BCUT2D eigenvalue weighted by molar-refractivity contribution is -0.385. The van der Waals surface area contributed by atoms with E-state index in [4.69, 9.17) is 9.47 Å². The van der Waals surface area contributed by atoms with Gasteiger partial charge in [0.1, 0.15) is 5.60 Å². The molecule has 1 atom stereocenters. The van der Waals surface area contributed by atoms with Crippen LogP contribution in [0.15, 0.2) is 48.5 Å². The van der Waals surface area contributed by atoms with E-state index in [1.807, 2.05) is 30.3 Å². The smallest absolute Gasteiger partial charge is 0.338 e. The Balaban J connectivity index is 1.81. The van der Waals surface area contributed by atoms with Gasteiger partial charge >= 0.3 is 11.7 Å². The molecule has 0 saturated carbocycles. The molecule has 2 aromatic rings. The van der Waals surface area contributed by atoms with Crippen molar-refractivity contribution in [3.63, 3.8) is 0 Å². The number of methoxy groups -OCH3 is 1. The van der Waals surface area contributed by atoms with E-state index >= 15 is 0 Å². The van der Waals surface area contributed by atoms with Gasteiger partial charge in [0.2, 0.25) is 0 Å². The molecule has 7 heteroatoms. The third kappa shape index (κ3) is 3.83. The Morgan fingerprint density at radius 1 is 1.27 bits per heavy atom. The SMILES string of the molecule is COc1cc(C(=O)O[C@@]2(Cc3ccccc3)CCNC2)ccc1[N+](=O)[O-]. The van der Waals surface area contributed by atoms with Crippen molar-refractivity contribution in [2.45, 2.75) is 18.4 Å². The number of ether oxygens (including phenoxy) is 2. The van der Waals surface area contributed by atoms with E-state index in [9.17, 15) is 14.9 Å². The predicted octanol–water partition coefficient (Wildman–Crippen LogP) is 2.74.